The molecule has 0 bridgehead atoms. The number of nitrogens with zero attached hydrogens (tertiary/aromatic N) is 1. The van der Waals surface area contributed by atoms with Crippen LogP contribution in [0.25, 0.3) is 0 Å². The molecule has 0 saturated heterocycles. The smallest absolute Gasteiger partial charge is 0.181 e. The topological polar surface area (TPSA) is 56.0 Å². The zero-order valence-corrected chi connectivity index (χ0v) is 10.5. The lowest BCUT2D eigenvalue weighted by atomic mass is 10.1. The van der Waals surface area contributed by atoms with E-state index >= 15 is 0 Å². The fourth-order valence-corrected chi connectivity index (χ4v) is 1.75. The molecule has 0 unspecified atom stereocenters. The first-order chi connectivity index (χ1) is 9.19. The lowest BCUT2D eigenvalue weighted by Crippen LogP contribution is -2.05. The molecule has 0 spiro atoms. The number of nitrogens with two attached hydrogens (primary N) is 1. The van der Waals surface area contributed by atoms with Gasteiger partial charge in [0.25, 0.3) is 0 Å². The van der Waals surface area contributed by atoms with Crippen molar-refractivity contribution >= 4 is 5.78 Å². The lowest BCUT2D eigenvalue weighted by molar-refractivity contribution is 0.0978. The molecule has 1 aromatic carbocycles. The van der Waals surface area contributed by atoms with Gasteiger partial charge in [-0.15, -0.1) is 0 Å². The summed E-state index contributed by atoms with van der Waals surface area (Å²) in [5.74, 6) is -0.290. The van der Waals surface area contributed by atoms with E-state index in [1.165, 1.54) is 12.1 Å². The summed E-state index contributed by atoms with van der Waals surface area (Å²) in [7, 11) is 0. The van der Waals surface area contributed by atoms with Crippen LogP contribution in [-0.4, -0.2) is 10.8 Å². The quantitative estimate of drug-likeness (QED) is 0.838. The van der Waals surface area contributed by atoms with E-state index in [1.54, 1.807) is 30.5 Å². The third-order valence-corrected chi connectivity index (χ3v) is 2.90. The zero-order valence-electron chi connectivity index (χ0n) is 10.5. The number of Topliss-reactive ketones (excluding diaryl/α,β-unsaturated/α-hetero) is 1. The second-order valence-corrected chi connectivity index (χ2v) is 4.31. The minimum Gasteiger partial charge on any atom is -0.326 e. The van der Waals surface area contributed by atoms with Crippen LogP contribution in [0, 0.1) is 5.82 Å². The maximum Gasteiger partial charge on any atom is 0.181 e. The van der Waals surface area contributed by atoms with Crippen molar-refractivity contribution in [2.75, 3.05) is 0 Å². The first kappa shape index (κ1) is 13.4. The van der Waals surface area contributed by atoms with E-state index in [-0.39, 0.29) is 11.6 Å². The van der Waals surface area contributed by atoms with Crippen molar-refractivity contribution in [3.63, 3.8) is 0 Å². The van der Waals surface area contributed by atoms with Gasteiger partial charge in [0, 0.05) is 19.2 Å². The van der Waals surface area contributed by atoms with Crippen molar-refractivity contribution < 1.29 is 9.18 Å². The largest absolute Gasteiger partial charge is 0.326 e. The van der Waals surface area contributed by atoms with Crippen LogP contribution in [0.2, 0.25) is 0 Å². The third-order valence-electron chi connectivity index (χ3n) is 2.90. The van der Waals surface area contributed by atoms with Crippen LogP contribution in [0.3, 0.4) is 0 Å². The Morgan fingerprint density at radius 1 is 1.11 bits per heavy atom. The van der Waals surface area contributed by atoms with Crippen LogP contribution in [0.1, 0.15) is 28.0 Å². The fraction of sp³-hybridized carbons (Fsp3) is 0.200. The van der Waals surface area contributed by atoms with Gasteiger partial charge in [-0.25, -0.2) is 4.39 Å². The molecule has 0 aliphatic carbocycles. The number of carbonyl (C=O) groups is 1. The SMILES string of the molecule is NCc1ccc(C(=O)CCc2ccc(F)cc2)nc1. The van der Waals surface area contributed by atoms with Crippen LogP contribution in [-0.2, 0) is 13.0 Å². The van der Waals surface area contributed by atoms with Gasteiger partial charge >= 0.3 is 0 Å². The van der Waals surface area contributed by atoms with Gasteiger partial charge in [-0.05, 0) is 35.7 Å². The number of hydrogen-bond acceptors (Lipinski definition) is 3. The van der Waals surface area contributed by atoms with Crippen molar-refractivity contribution in [3.05, 3.63) is 65.2 Å². The molecule has 1 heterocycles. The first-order valence-electron chi connectivity index (χ1n) is 6.11. The van der Waals surface area contributed by atoms with Gasteiger partial charge in [0.05, 0.1) is 0 Å². The predicted octanol–water partition coefficient (Wildman–Crippen LogP) is 2.49. The Kier molecular flexibility index (Phi) is 4.36. The molecule has 0 radical (unpaired) electrons. The first-order valence-corrected chi connectivity index (χ1v) is 6.11. The minimum atomic E-state index is -0.269. The number of pyridine rings is 1. The second-order valence-electron chi connectivity index (χ2n) is 4.31. The zero-order chi connectivity index (χ0) is 13.7. The molecule has 2 aromatic rings. The van der Waals surface area contributed by atoms with Gasteiger partial charge < -0.3 is 5.73 Å². The Labute approximate surface area is 111 Å². The lowest BCUT2D eigenvalue weighted by Gasteiger charge is -2.02. The molecule has 19 heavy (non-hydrogen) atoms. The number of hydrogen-bond donors (Lipinski definition) is 1. The number of benzene rings is 1. The molecule has 0 atom stereocenters. The average Bonchev–Trinajstić information content (AvgIpc) is 2.46. The van der Waals surface area contributed by atoms with Crippen molar-refractivity contribution in [1.82, 2.24) is 4.98 Å². The molecule has 98 valence electrons. The van der Waals surface area contributed by atoms with Crippen molar-refractivity contribution in [1.29, 1.82) is 0 Å². The average molecular weight is 258 g/mol. The normalized spacial score (nSPS) is 10.4. The Morgan fingerprint density at radius 2 is 1.79 bits per heavy atom. The van der Waals surface area contributed by atoms with E-state index < -0.39 is 0 Å². The van der Waals surface area contributed by atoms with Gasteiger partial charge in [-0.1, -0.05) is 18.2 Å². The number of halogens is 1. The van der Waals surface area contributed by atoms with E-state index in [9.17, 15) is 9.18 Å². The highest BCUT2D eigenvalue weighted by Crippen LogP contribution is 2.09. The van der Waals surface area contributed by atoms with Crippen LogP contribution >= 0.6 is 0 Å². The molecule has 0 aliphatic rings. The molecule has 2 N–H and O–H groups in total. The van der Waals surface area contributed by atoms with E-state index in [2.05, 4.69) is 4.98 Å². The second kappa shape index (κ2) is 6.20. The number of carbonyl (C=O) groups excluding carboxylic acids is 1. The summed E-state index contributed by atoms with van der Waals surface area (Å²) in [6.45, 7) is 0.414. The molecule has 0 fully saturated rings. The summed E-state index contributed by atoms with van der Waals surface area (Å²) in [6, 6.07) is 9.66. The predicted molar refractivity (Wildman–Crippen MR) is 71.2 cm³/mol. The fourth-order valence-electron chi connectivity index (χ4n) is 1.75. The molecule has 0 saturated carbocycles. The molecule has 0 aliphatic heterocycles. The van der Waals surface area contributed by atoms with Crippen LogP contribution in [0.15, 0.2) is 42.6 Å². The number of aryl methyl sites for hydroxylation is 1. The number of aromatic nitrogens is 1. The molecule has 4 heteroatoms. The highest BCUT2D eigenvalue weighted by molar-refractivity contribution is 5.94. The summed E-state index contributed by atoms with van der Waals surface area (Å²) in [5.41, 5.74) is 7.75. The van der Waals surface area contributed by atoms with E-state index in [1.807, 2.05) is 0 Å². The maximum absolute atomic E-state index is 12.7. The standard InChI is InChI=1S/C15H15FN2O/c16-13-5-1-11(2-6-13)4-8-15(19)14-7-3-12(9-17)10-18-14/h1-3,5-7,10H,4,8-9,17H2. The summed E-state index contributed by atoms with van der Waals surface area (Å²) in [4.78, 5) is 16.0. The van der Waals surface area contributed by atoms with Crippen LogP contribution in [0.5, 0.6) is 0 Å². The van der Waals surface area contributed by atoms with Gasteiger partial charge in [0.1, 0.15) is 11.5 Å². The highest BCUT2D eigenvalue weighted by atomic mass is 19.1. The maximum atomic E-state index is 12.7. The third kappa shape index (κ3) is 3.69. The Balaban J connectivity index is 1.95. The van der Waals surface area contributed by atoms with Crippen molar-refractivity contribution in [2.45, 2.75) is 19.4 Å². The molecular weight excluding hydrogens is 243 g/mol. The monoisotopic (exact) mass is 258 g/mol. The molecule has 1 aromatic heterocycles. The van der Waals surface area contributed by atoms with Crippen molar-refractivity contribution in [2.24, 2.45) is 5.73 Å². The Morgan fingerprint density at radius 3 is 2.37 bits per heavy atom. The summed E-state index contributed by atoms with van der Waals surface area (Å²) >= 11 is 0. The van der Waals surface area contributed by atoms with Crippen LogP contribution in [0.4, 0.5) is 4.39 Å². The summed E-state index contributed by atoms with van der Waals surface area (Å²) < 4.78 is 12.7. The Hall–Kier alpha value is -2.07. The van der Waals surface area contributed by atoms with Gasteiger partial charge in [-0.3, -0.25) is 9.78 Å². The van der Waals surface area contributed by atoms with E-state index in [4.69, 9.17) is 5.73 Å². The Bertz CT molecular complexity index is 549. The molecule has 0 amide bonds. The van der Waals surface area contributed by atoms with Gasteiger partial charge in [-0.2, -0.15) is 0 Å². The summed E-state index contributed by atoms with van der Waals surface area (Å²) in [5, 5.41) is 0. The molecule has 2 rings (SSSR count). The van der Waals surface area contributed by atoms with E-state index in [0.29, 0.717) is 25.1 Å². The van der Waals surface area contributed by atoms with E-state index in [0.717, 1.165) is 11.1 Å². The van der Waals surface area contributed by atoms with Gasteiger partial charge in [0.15, 0.2) is 5.78 Å². The molecule has 3 nitrogen and oxygen atoms in total. The number of rotatable bonds is 5. The van der Waals surface area contributed by atoms with Crippen LogP contribution < -0.4 is 5.73 Å². The van der Waals surface area contributed by atoms with Crippen molar-refractivity contribution in [3.8, 4) is 0 Å². The summed E-state index contributed by atoms with van der Waals surface area (Å²) in [6.07, 6.45) is 2.56. The highest BCUT2D eigenvalue weighted by Gasteiger charge is 2.07. The minimum absolute atomic E-state index is 0.0205. The molecular formula is C15H15FN2O. The van der Waals surface area contributed by atoms with Gasteiger partial charge in [0.2, 0.25) is 0 Å². The number of ketones is 1.